The molecule has 3 rings (SSSR count). The van der Waals surface area contributed by atoms with E-state index in [4.69, 9.17) is 0 Å². The third-order valence-electron chi connectivity index (χ3n) is 4.33. The zero-order chi connectivity index (χ0) is 17.6. The number of aromatic nitrogens is 1. The average molecular weight is 335 g/mol. The van der Waals surface area contributed by atoms with Crippen LogP contribution in [0.15, 0.2) is 60.8 Å². The van der Waals surface area contributed by atoms with E-state index in [1.165, 1.54) is 5.52 Å². The van der Waals surface area contributed by atoms with Crippen LogP contribution in [0.2, 0.25) is 0 Å². The van der Waals surface area contributed by atoms with E-state index in [2.05, 4.69) is 41.1 Å². The molecule has 1 aromatic heterocycles. The molecule has 4 nitrogen and oxygen atoms in total. The number of fused-ring (bicyclic) bond motifs is 1. The van der Waals surface area contributed by atoms with Crippen molar-refractivity contribution in [1.29, 1.82) is 0 Å². The van der Waals surface area contributed by atoms with Crippen LogP contribution in [0.1, 0.15) is 22.3 Å². The highest BCUT2D eigenvalue weighted by Gasteiger charge is 2.08. The highest BCUT2D eigenvalue weighted by molar-refractivity contribution is 5.98. The third-order valence-corrected chi connectivity index (χ3v) is 4.33. The molecule has 0 unspecified atom stereocenters. The van der Waals surface area contributed by atoms with Crippen LogP contribution in [-0.2, 0) is 13.1 Å². The Morgan fingerprint density at radius 1 is 1.08 bits per heavy atom. The fourth-order valence-electron chi connectivity index (χ4n) is 2.97. The van der Waals surface area contributed by atoms with Crippen LogP contribution in [0.25, 0.3) is 10.9 Å². The van der Waals surface area contributed by atoms with E-state index in [1.54, 1.807) is 0 Å². The first-order valence-corrected chi connectivity index (χ1v) is 8.69. The van der Waals surface area contributed by atoms with Crippen LogP contribution in [0.3, 0.4) is 0 Å². The number of aryl methyl sites for hydroxylation is 1. The summed E-state index contributed by atoms with van der Waals surface area (Å²) in [4.78, 5) is 14.6. The van der Waals surface area contributed by atoms with Crippen LogP contribution in [-0.4, -0.2) is 36.0 Å². The van der Waals surface area contributed by atoms with E-state index in [9.17, 15) is 4.79 Å². The van der Waals surface area contributed by atoms with Crippen LogP contribution in [0.5, 0.6) is 0 Å². The topological polar surface area (TPSA) is 37.3 Å². The number of benzene rings is 2. The van der Waals surface area contributed by atoms with E-state index in [0.717, 1.165) is 30.5 Å². The van der Waals surface area contributed by atoms with Gasteiger partial charge in [-0.2, -0.15) is 0 Å². The van der Waals surface area contributed by atoms with Crippen molar-refractivity contribution in [1.82, 2.24) is 14.8 Å². The number of hydrogen-bond acceptors (Lipinski definition) is 2. The van der Waals surface area contributed by atoms with Gasteiger partial charge in [-0.3, -0.25) is 4.79 Å². The van der Waals surface area contributed by atoms with Crippen molar-refractivity contribution in [2.24, 2.45) is 0 Å². The Morgan fingerprint density at radius 2 is 1.88 bits per heavy atom. The van der Waals surface area contributed by atoms with Crippen molar-refractivity contribution in [3.05, 3.63) is 71.9 Å². The first kappa shape index (κ1) is 17.2. The standard InChI is InChI=1S/C21H25N3O/c1-23(2)12-6-13-24-14-11-18-15-19(9-10-20(18)24)21(25)22-16-17-7-4-3-5-8-17/h3-5,7-11,14-15H,6,12-13,16H2,1-2H3,(H,22,25). The molecule has 1 N–H and O–H groups in total. The van der Waals surface area contributed by atoms with Crippen molar-refractivity contribution in [2.75, 3.05) is 20.6 Å². The van der Waals surface area contributed by atoms with Gasteiger partial charge in [0.1, 0.15) is 0 Å². The van der Waals surface area contributed by atoms with Gasteiger partial charge < -0.3 is 14.8 Å². The number of carbonyl (C=O) groups is 1. The molecule has 0 saturated carbocycles. The maximum Gasteiger partial charge on any atom is 0.251 e. The van der Waals surface area contributed by atoms with Crippen LogP contribution in [0, 0.1) is 0 Å². The summed E-state index contributed by atoms with van der Waals surface area (Å²) >= 11 is 0. The molecule has 0 aliphatic heterocycles. The van der Waals surface area contributed by atoms with Gasteiger partial charge in [0.2, 0.25) is 0 Å². The first-order chi connectivity index (χ1) is 12.1. The summed E-state index contributed by atoms with van der Waals surface area (Å²) < 4.78 is 2.25. The highest BCUT2D eigenvalue weighted by Crippen LogP contribution is 2.18. The van der Waals surface area contributed by atoms with Gasteiger partial charge >= 0.3 is 0 Å². The van der Waals surface area contributed by atoms with Gasteiger partial charge in [-0.05, 0) is 56.9 Å². The van der Waals surface area contributed by atoms with Gasteiger partial charge in [0.15, 0.2) is 0 Å². The van der Waals surface area contributed by atoms with Crippen LogP contribution in [0.4, 0.5) is 0 Å². The third kappa shape index (κ3) is 4.48. The van der Waals surface area contributed by atoms with Gasteiger partial charge in [0.05, 0.1) is 0 Å². The smallest absolute Gasteiger partial charge is 0.251 e. The van der Waals surface area contributed by atoms with Gasteiger partial charge in [0.25, 0.3) is 5.91 Å². The van der Waals surface area contributed by atoms with Gasteiger partial charge in [-0.25, -0.2) is 0 Å². The van der Waals surface area contributed by atoms with Crippen molar-refractivity contribution in [3.8, 4) is 0 Å². The molecule has 0 spiro atoms. The lowest BCUT2D eigenvalue weighted by Crippen LogP contribution is -2.22. The van der Waals surface area contributed by atoms with E-state index in [1.807, 2.05) is 48.5 Å². The predicted molar refractivity (Wildman–Crippen MR) is 103 cm³/mol. The molecule has 1 amide bonds. The van der Waals surface area contributed by atoms with Crippen LogP contribution < -0.4 is 5.32 Å². The van der Waals surface area contributed by atoms with Crippen LogP contribution >= 0.6 is 0 Å². The van der Waals surface area contributed by atoms with Gasteiger partial charge in [0, 0.05) is 35.8 Å². The monoisotopic (exact) mass is 335 g/mol. The Morgan fingerprint density at radius 3 is 2.64 bits per heavy atom. The molecule has 0 radical (unpaired) electrons. The quantitative estimate of drug-likeness (QED) is 0.717. The van der Waals surface area contributed by atoms with E-state index in [-0.39, 0.29) is 5.91 Å². The number of rotatable bonds is 7. The molecule has 0 fully saturated rings. The lowest BCUT2D eigenvalue weighted by molar-refractivity contribution is 0.0951. The number of nitrogens with one attached hydrogen (secondary N) is 1. The molecule has 1 heterocycles. The molecular formula is C21H25N3O. The summed E-state index contributed by atoms with van der Waals surface area (Å²) in [5, 5.41) is 4.09. The summed E-state index contributed by atoms with van der Waals surface area (Å²) in [5.41, 5.74) is 2.98. The SMILES string of the molecule is CN(C)CCCn1ccc2cc(C(=O)NCc3ccccc3)ccc21. The first-order valence-electron chi connectivity index (χ1n) is 8.69. The maximum absolute atomic E-state index is 12.4. The number of amides is 1. The van der Waals surface area contributed by atoms with Crippen molar-refractivity contribution in [3.63, 3.8) is 0 Å². The van der Waals surface area contributed by atoms with Crippen molar-refractivity contribution in [2.45, 2.75) is 19.5 Å². The summed E-state index contributed by atoms with van der Waals surface area (Å²) in [6.45, 7) is 2.60. The molecular weight excluding hydrogens is 310 g/mol. The van der Waals surface area contributed by atoms with Gasteiger partial charge in [-0.1, -0.05) is 30.3 Å². The molecule has 4 heteroatoms. The van der Waals surface area contributed by atoms with Crippen molar-refractivity contribution < 1.29 is 4.79 Å². The zero-order valence-electron chi connectivity index (χ0n) is 14.9. The minimum Gasteiger partial charge on any atom is -0.348 e. The number of hydrogen-bond donors (Lipinski definition) is 1. The molecule has 0 aliphatic rings. The fraction of sp³-hybridized carbons (Fsp3) is 0.286. The summed E-state index contributed by atoms with van der Waals surface area (Å²) in [5.74, 6) is -0.0360. The summed E-state index contributed by atoms with van der Waals surface area (Å²) in [6, 6.07) is 18.0. The second-order valence-electron chi connectivity index (χ2n) is 6.61. The fourth-order valence-corrected chi connectivity index (χ4v) is 2.97. The Labute approximate surface area is 149 Å². The molecule has 25 heavy (non-hydrogen) atoms. The second-order valence-corrected chi connectivity index (χ2v) is 6.61. The second kappa shape index (κ2) is 7.99. The minimum absolute atomic E-state index is 0.0360. The molecule has 130 valence electrons. The molecule has 0 atom stereocenters. The Hall–Kier alpha value is -2.59. The maximum atomic E-state index is 12.4. The lowest BCUT2D eigenvalue weighted by atomic mass is 10.1. The Bertz CT molecular complexity index is 837. The summed E-state index contributed by atoms with van der Waals surface area (Å²) in [6.07, 6.45) is 3.21. The zero-order valence-corrected chi connectivity index (χ0v) is 14.9. The average Bonchev–Trinajstić information content (AvgIpc) is 3.02. The molecule has 0 aliphatic carbocycles. The number of carbonyl (C=O) groups excluding carboxylic acids is 1. The van der Waals surface area contributed by atoms with Gasteiger partial charge in [-0.15, -0.1) is 0 Å². The lowest BCUT2D eigenvalue weighted by Gasteiger charge is -2.11. The van der Waals surface area contributed by atoms with E-state index < -0.39 is 0 Å². The Kier molecular flexibility index (Phi) is 5.51. The highest BCUT2D eigenvalue weighted by atomic mass is 16.1. The molecule has 3 aromatic rings. The largest absolute Gasteiger partial charge is 0.348 e. The van der Waals surface area contributed by atoms with E-state index >= 15 is 0 Å². The Balaban J connectivity index is 1.65. The van der Waals surface area contributed by atoms with Crippen molar-refractivity contribution >= 4 is 16.8 Å². The molecule has 0 saturated heterocycles. The molecule has 0 bridgehead atoms. The molecule has 2 aromatic carbocycles. The predicted octanol–water partition coefficient (Wildman–Crippen LogP) is 3.52. The van der Waals surface area contributed by atoms with E-state index in [0.29, 0.717) is 12.1 Å². The normalized spacial score (nSPS) is 11.2. The summed E-state index contributed by atoms with van der Waals surface area (Å²) in [7, 11) is 4.18. The minimum atomic E-state index is -0.0360. The number of nitrogens with zero attached hydrogens (tertiary/aromatic N) is 2.